The molecule has 0 saturated carbocycles. The number of ether oxygens (including phenoxy) is 1. The fraction of sp³-hybridized carbons (Fsp3) is 0.429. The summed E-state index contributed by atoms with van der Waals surface area (Å²) in [6.07, 6.45) is 2.25. The third kappa shape index (κ3) is 5.25. The fourth-order valence-corrected chi connectivity index (χ4v) is 6.54. The molecule has 218 valence electrons. The normalized spacial score (nSPS) is 17.0. The lowest BCUT2D eigenvalue weighted by Gasteiger charge is -2.34. The first-order valence-electron chi connectivity index (χ1n) is 13.4. The van der Waals surface area contributed by atoms with Gasteiger partial charge in [0.05, 0.1) is 43.2 Å². The molecule has 4 heterocycles. The van der Waals surface area contributed by atoms with Crippen LogP contribution in [0, 0.1) is 6.92 Å². The maximum atomic E-state index is 13.7. The van der Waals surface area contributed by atoms with Crippen molar-refractivity contribution in [2.75, 3.05) is 35.9 Å². The first-order chi connectivity index (χ1) is 19.4. The van der Waals surface area contributed by atoms with Gasteiger partial charge in [-0.3, -0.25) is 13.9 Å². The minimum atomic E-state index is -3.69. The van der Waals surface area contributed by atoms with Crippen LogP contribution in [0.1, 0.15) is 53.9 Å². The lowest BCUT2D eigenvalue weighted by atomic mass is 9.93. The Kier molecular flexibility index (Phi) is 7.49. The molecule has 11 nitrogen and oxygen atoms in total. The zero-order valence-electron chi connectivity index (χ0n) is 23.6. The second-order valence-corrected chi connectivity index (χ2v) is 13.2. The number of halogens is 1. The molecular formula is C28H33FN6O5S. The van der Waals surface area contributed by atoms with E-state index in [1.165, 1.54) is 11.4 Å². The maximum absolute atomic E-state index is 13.7. The highest BCUT2D eigenvalue weighted by molar-refractivity contribution is 7.93. The van der Waals surface area contributed by atoms with Gasteiger partial charge < -0.3 is 19.9 Å². The highest BCUT2D eigenvalue weighted by Gasteiger charge is 2.38. The van der Waals surface area contributed by atoms with Crippen molar-refractivity contribution < 1.29 is 22.3 Å². The Morgan fingerprint density at radius 2 is 1.85 bits per heavy atom. The van der Waals surface area contributed by atoms with Crippen LogP contribution in [0.2, 0.25) is 0 Å². The van der Waals surface area contributed by atoms with Crippen molar-refractivity contribution in [2.24, 2.45) is 0 Å². The van der Waals surface area contributed by atoms with E-state index in [4.69, 9.17) is 4.74 Å². The number of carbonyl (C=O) groups excluding carboxylic acids is 1. The minimum absolute atomic E-state index is 0.0950. The predicted molar refractivity (Wildman–Crippen MR) is 154 cm³/mol. The third-order valence-corrected chi connectivity index (χ3v) is 9.63. The largest absolute Gasteiger partial charge is 0.496 e. The van der Waals surface area contributed by atoms with Crippen molar-refractivity contribution in [3.8, 4) is 16.9 Å². The van der Waals surface area contributed by atoms with E-state index in [2.05, 4.69) is 20.3 Å². The van der Waals surface area contributed by atoms with Gasteiger partial charge in [-0.15, -0.1) is 0 Å². The monoisotopic (exact) mass is 584 g/mol. The number of alkyl halides is 1. The Labute approximate surface area is 237 Å². The van der Waals surface area contributed by atoms with E-state index in [0.29, 0.717) is 45.3 Å². The summed E-state index contributed by atoms with van der Waals surface area (Å²) in [6, 6.07) is 5.10. The standard InChI is InChI=1S/C28H33FN6O5S/c1-15(2)41(38,39)35-12-16(3)25-21(26(36)30-11-22-24(40-5)6-17(4)33-27(22)37)7-18(8-23(25)35)19-9-31-28(32-10-19)34-13-20(29)14-34/h6-10,15-16,20H,11-14H2,1-5H3,(H,30,36)(H,33,37). The first kappa shape index (κ1) is 28.5. The number of H-pyrrole nitrogens is 1. The van der Waals surface area contributed by atoms with Gasteiger partial charge in [0.25, 0.3) is 11.5 Å². The molecule has 3 aromatic rings. The van der Waals surface area contributed by atoms with E-state index >= 15 is 0 Å². The number of aryl methyl sites for hydroxylation is 1. The van der Waals surface area contributed by atoms with Crippen LogP contribution in [0.3, 0.4) is 0 Å². The van der Waals surface area contributed by atoms with Gasteiger partial charge in [-0.2, -0.15) is 0 Å². The van der Waals surface area contributed by atoms with Crippen LogP contribution in [0.15, 0.2) is 35.4 Å². The molecule has 2 aliphatic rings. The molecule has 1 fully saturated rings. The van der Waals surface area contributed by atoms with Crippen LogP contribution in [0.4, 0.5) is 16.0 Å². The number of hydrogen-bond acceptors (Lipinski definition) is 8. The number of methoxy groups -OCH3 is 1. The average Bonchev–Trinajstić information content (AvgIpc) is 3.26. The zero-order valence-corrected chi connectivity index (χ0v) is 24.4. The number of benzene rings is 1. The summed E-state index contributed by atoms with van der Waals surface area (Å²) in [4.78, 5) is 39.4. The zero-order chi connectivity index (χ0) is 29.6. The number of pyridine rings is 1. The Balaban J connectivity index is 1.55. The van der Waals surface area contributed by atoms with Crippen molar-refractivity contribution in [2.45, 2.75) is 51.6 Å². The number of nitrogens with zero attached hydrogens (tertiary/aromatic N) is 4. The number of aromatic nitrogens is 3. The Bertz CT molecular complexity index is 1650. The van der Waals surface area contributed by atoms with Crippen molar-refractivity contribution in [3.05, 3.63) is 63.3 Å². The fourth-order valence-electron chi connectivity index (χ4n) is 5.17. The van der Waals surface area contributed by atoms with Gasteiger partial charge in [0.15, 0.2) is 0 Å². The number of carbonyl (C=O) groups is 1. The number of aromatic amines is 1. The van der Waals surface area contributed by atoms with E-state index in [0.717, 1.165) is 0 Å². The number of amides is 1. The predicted octanol–water partition coefficient (Wildman–Crippen LogP) is 2.90. The van der Waals surface area contributed by atoms with Crippen molar-refractivity contribution in [3.63, 3.8) is 0 Å². The van der Waals surface area contributed by atoms with E-state index in [9.17, 15) is 22.4 Å². The van der Waals surface area contributed by atoms with Crippen molar-refractivity contribution in [1.82, 2.24) is 20.3 Å². The van der Waals surface area contributed by atoms with Crippen LogP contribution in [-0.2, 0) is 16.6 Å². The molecule has 0 spiro atoms. The van der Waals surface area contributed by atoms with E-state index in [-0.39, 0.29) is 43.2 Å². The van der Waals surface area contributed by atoms with Crippen LogP contribution in [0.5, 0.6) is 5.75 Å². The van der Waals surface area contributed by atoms with Crippen LogP contribution < -0.4 is 24.8 Å². The molecule has 1 atom stereocenters. The Morgan fingerprint density at radius 1 is 1.17 bits per heavy atom. The summed E-state index contributed by atoms with van der Waals surface area (Å²) in [6.45, 7) is 7.41. The van der Waals surface area contributed by atoms with Gasteiger partial charge in [-0.25, -0.2) is 22.8 Å². The second-order valence-electron chi connectivity index (χ2n) is 10.8. The number of nitrogens with one attached hydrogen (secondary N) is 2. The second kappa shape index (κ2) is 10.8. The minimum Gasteiger partial charge on any atom is -0.496 e. The van der Waals surface area contributed by atoms with Crippen LogP contribution in [-0.4, -0.2) is 67.4 Å². The molecule has 13 heteroatoms. The molecule has 0 radical (unpaired) electrons. The summed E-state index contributed by atoms with van der Waals surface area (Å²) in [7, 11) is -2.24. The molecule has 2 aliphatic heterocycles. The first-order valence-corrected chi connectivity index (χ1v) is 14.9. The summed E-state index contributed by atoms with van der Waals surface area (Å²) >= 11 is 0. The average molecular weight is 585 g/mol. The van der Waals surface area contributed by atoms with Gasteiger partial charge in [0, 0.05) is 41.7 Å². The summed E-state index contributed by atoms with van der Waals surface area (Å²) in [5.74, 6) is 0.0282. The number of rotatable bonds is 8. The number of sulfonamides is 1. The molecule has 0 aliphatic carbocycles. The quantitative estimate of drug-likeness (QED) is 0.412. The highest BCUT2D eigenvalue weighted by Crippen LogP contribution is 2.43. The lowest BCUT2D eigenvalue weighted by molar-refractivity contribution is 0.0949. The lowest BCUT2D eigenvalue weighted by Crippen LogP contribution is -2.49. The molecule has 41 heavy (non-hydrogen) atoms. The third-order valence-electron chi connectivity index (χ3n) is 7.47. The van der Waals surface area contributed by atoms with E-state index < -0.39 is 27.4 Å². The van der Waals surface area contributed by atoms with Crippen LogP contribution >= 0.6 is 0 Å². The van der Waals surface area contributed by atoms with Gasteiger partial charge in [0.1, 0.15) is 11.9 Å². The number of fused-ring (bicyclic) bond motifs is 1. The summed E-state index contributed by atoms with van der Waals surface area (Å²) in [5.41, 5.74) is 2.96. The molecule has 5 rings (SSSR count). The Morgan fingerprint density at radius 3 is 2.46 bits per heavy atom. The molecule has 1 saturated heterocycles. The molecule has 2 N–H and O–H groups in total. The van der Waals surface area contributed by atoms with Gasteiger partial charge in [-0.1, -0.05) is 6.92 Å². The van der Waals surface area contributed by atoms with E-state index in [1.54, 1.807) is 56.3 Å². The van der Waals surface area contributed by atoms with Gasteiger partial charge in [-0.05, 0) is 50.1 Å². The molecule has 1 amide bonds. The number of hydrogen-bond donors (Lipinski definition) is 2. The van der Waals surface area contributed by atoms with Crippen molar-refractivity contribution >= 4 is 27.6 Å². The highest BCUT2D eigenvalue weighted by atomic mass is 32.2. The SMILES string of the molecule is COc1cc(C)[nH]c(=O)c1CNC(=O)c1cc(-c2cnc(N3CC(F)C3)nc2)cc2c1C(C)CN2S(=O)(=O)C(C)C. The summed E-state index contributed by atoms with van der Waals surface area (Å²) < 4.78 is 46.6. The smallest absolute Gasteiger partial charge is 0.256 e. The molecule has 1 aromatic carbocycles. The van der Waals surface area contributed by atoms with Crippen LogP contribution in [0.25, 0.3) is 11.1 Å². The number of anilines is 2. The molecule has 2 aromatic heterocycles. The molecular weight excluding hydrogens is 551 g/mol. The Hall–Kier alpha value is -4.00. The topological polar surface area (TPSA) is 138 Å². The van der Waals surface area contributed by atoms with Crippen molar-refractivity contribution in [1.29, 1.82) is 0 Å². The molecule has 0 bridgehead atoms. The molecule has 1 unspecified atom stereocenters. The maximum Gasteiger partial charge on any atom is 0.256 e. The van der Waals surface area contributed by atoms with Gasteiger partial charge in [0.2, 0.25) is 16.0 Å². The van der Waals surface area contributed by atoms with Gasteiger partial charge >= 0.3 is 0 Å². The van der Waals surface area contributed by atoms with E-state index in [1.807, 2.05) is 6.92 Å². The summed E-state index contributed by atoms with van der Waals surface area (Å²) in [5, 5.41) is 2.15.